The zero-order valence-corrected chi connectivity index (χ0v) is 49.0. The number of likely N-dealkylation sites (tertiary alicyclic amines) is 1. The van der Waals surface area contributed by atoms with Crippen molar-refractivity contribution < 1.29 is 52.8 Å². The fraction of sp³-hybridized carbons (Fsp3) is 0.567. The van der Waals surface area contributed by atoms with E-state index in [1.807, 2.05) is 75.8 Å². The number of carbonyl (C=O) groups excluding carboxylic acids is 5. The summed E-state index contributed by atoms with van der Waals surface area (Å²) < 4.78 is 29.7. The zero-order chi connectivity index (χ0) is 58.3. The van der Waals surface area contributed by atoms with Crippen LogP contribution in [0.25, 0.3) is 21.5 Å². The number of hydrogen-bond acceptors (Lipinski definition) is 18. The first-order valence-corrected chi connectivity index (χ1v) is 29.4. The lowest BCUT2D eigenvalue weighted by Gasteiger charge is -2.36. The Balaban J connectivity index is 0.639. The van der Waals surface area contributed by atoms with Crippen LogP contribution in [0, 0.1) is 25.2 Å². The van der Waals surface area contributed by atoms with E-state index >= 15 is 0 Å². The molecular formula is C60H79N9O12S. The topological polar surface area (TPSA) is 247 Å². The molecule has 3 atom stereocenters. The van der Waals surface area contributed by atoms with Crippen LogP contribution >= 0.6 is 11.3 Å². The van der Waals surface area contributed by atoms with Crippen molar-refractivity contribution in [3.8, 4) is 10.4 Å². The van der Waals surface area contributed by atoms with E-state index in [1.54, 1.807) is 33.9 Å². The number of benzene rings is 1. The maximum absolute atomic E-state index is 14.0. The van der Waals surface area contributed by atoms with Gasteiger partial charge in [-0.25, -0.2) is 15.0 Å². The third-order valence-electron chi connectivity index (χ3n) is 15.5. The van der Waals surface area contributed by atoms with E-state index < -0.39 is 23.5 Å². The van der Waals surface area contributed by atoms with E-state index in [0.717, 1.165) is 64.1 Å². The maximum atomic E-state index is 14.0. The molecule has 3 amide bonds. The van der Waals surface area contributed by atoms with Gasteiger partial charge in [0.15, 0.2) is 11.6 Å². The summed E-state index contributed by atoms with van der Waals surface area (Å²) in [5.41, 5.74) is 6.99. The molecule has 3 aliphatic rings. The number of carbonyl (C=O) groups is 5. The Hall–Kier alpha value is -6.40. The number of anilines is 1. The third kappa shape index (κ3) is 16.2. The van der Waals surface area contributed by atoms with E-state index in [-0.39, 0.29) is 105 Å². The molecule has 1 saturated carbocycles. The molecule has 21 nitrogen and oxygen atoms in total. The first kappa shape index (κ1) is 61.7. The summed E-state index contributed by atoms with van der Waals surface area (Å²) in [5, 5.41) is 14.2. The van der Waals surface area contributed by atoms with Crippen LogP contribution in [0.1, 0.15) is 111 Å². The van der Waals surface area contributed by atoms with Gasteiger partial charge in [-0.3, -0.25) is 38.3 Å². The lowest BCUT2D eigenvalue weighted by atomic mass is 9.77. The predicted molar refractivity (Wildman–Crippen MR) is 309 cm³/mol. The van der Waals surface area contributed by atoms with Crippen molar-refractivity contribution in [1.82, 2.24) is 39.6 Å². The van der Waals surface area contributed by atoms with E-state index in [1.165, 1.54) is 11.8 Å². The number of β-amino-alcohol motifs (C(OH)–C–C–N with tert-alkyl or cyclic N) is 1. The van der Waals surface area contributed by atoms with Gasteiger partial charge in [-0.1, -0.05) is 57.9 Å². The number of piperazine rings is 1. The van der Waals surface area contributed by atoms with Crippen molar-refractivity contribution in [3.05, 3.63) is 98.6 Å². The summed E-state index contributed by atoms with van der Waals surface area (Å²) in [4.78, 5) is 105. The van der Waals surface area contributed by atoms with E-state index in [2.05, 4.69) is 20.2 Å². The first-order chi connectivity index (χ1) is 39.5. The van der Waals surface area contributed by atoms with Crippen molar-refractivity contribution in [3.63, 3.8) is 0 Å². The molecule has 8 rings (SSSR count). The molecule has 0 unspecified atom stereocenters. The van der Waals surface area contributed by atoms with E-state index in [9.17, 15) is 33.9 Å². The minimum absolute atomic E-state index is 0.00842. The Morgan fingerprint density at radius 2 is 1.45 bits per heavy atom. The maximum Gasteiger partial charge on any atom is 0.263 e. The number of rotatable bonds is 28. The van der Waals surface area contributed by atoms with Gasteiger partial charge in [-0.05, 0) is 67.9 Å². The fourth-order valence-electron chi connectivity index (χ4n) is 10.9. The highest BCUT2D eigenvalue weighted by atomic mass is 32.1. The number of ether oxygens (including phenoxy) is 5. The number of aryl methyl sites for hydroxylation is 2. The highest BCUT2D eigenvalue weighted by molar-refractivity contribution is 7.13. The molecule has 442 valence electrons. The molecule has 2 saturated heterocycles. The lowest BCUT2D eigenvalue weighted by molar-refractivity contribution is -0.146. The molecule has 2 aliphatic heterocycles. The van der Waals surface area contributed by atoms with Crippen LogP contribution < -0.4 is 15.8 Å². The number of fused-ring (bicyclic) bond motifs is 1. The molecular weight excluding hydrogens is 1070 g/mol. The second-order valence-corrected chi connectivity index (χ2v) is 23.3. The van der Waals surface area contributed by atoms with Gasteiger partial charge < -0.3 is 48.8 Å². The Labute approximate surface area is 483 Å². The number of aliphatic hydroxyl groups is 1. The minimum atomic E-state index is -0.857. The molecule has 4 aromatic heterocycles. The Morgan fingerprint density at radius 1 is 0.805 bits per heavy atom. The lowest BCUT2D eigenvalue weighted by Crippen LogP contribution is -2.50. The van der Waals surface area contributed by atoms with Gasteiger partial charge in [-0.2, -0.15) is 0 Å². The molecule has 2 N–H and O–H groups in total. The quantitative estimate of drug-likeness (QED) is 0.0466. The number of nitrogens with zero attached hydrogens (tertiary/aromatic N) is 8. The molecule has 82 heavy (non-hydrogen) atoms. The second-order valence-electron chi connectivity index (χ2n) is 22.4. The summed E-state index contributed by atoms with van der Waals surface area (Å²) in [6.07, 6.45) is 6.95. The largest absolute Gasteiger partial charge is 0.391 e. The molecule has 0 spiro atoms. The van der Waals surface area contributed by atoms with Crippen molar-refractivity contribution >= 4 is 57.3 Å². The Morgan fingerprint density at radius 3 is 2.05 bits per heavy atom. The van der Waals surface area contributed by atoms with Gasteiger partial charge in [0, 0.05) is 81.3 Å². The van der Waals surface area contributed by atoms with Crippen LogP contribution in [0.5, 0.6) is 0 Å². The number of hydrogen-bond donors (Lipinski definition) is 2. The van der Waals surface area contributed by atoms with Crippen molar-refractivity contribution in [2.75, 3.05) is 104 Å². The van der Waals surface area contributed by atoms with Crippen LogP contribution in [0.4, 0.5) is 5.69 Å². The molecule has 22 heteroatoms. The second kappa shape index (κ2) is 29.2. The number of aromatic nitrogens is 5. The predicted octanol–water partition coefficient (Wildman–Crippen LogP) is 5.47. The highest BCUT2D eigenvalue weighted by Gasteiger charge is 2.44. The summed E-state index contributed by atoms with van der Waals surface area (Å²) in [6.45, 7) is 15.6. The van der Waals surface area contributed by atoms with E-state index in [0.29, 0.717) is 82.7 Å². The zero-order valence-electron chi connectivity index (χ0n) is 48.2. The molecule has 1 aromatic carbocycles. The van der Waals surface area contributed by atoms with Gasteiger partial charge >= 0.3 is 0 Å². The highest BCUT2D eigenvalue weighted by Crippen LogP contribution is 2.35. The van der Waals surface area contributed by atoms with Gasteiger partial charge in [0.2, 0.25) is 17.7 Å². The summed E-state index contributed by atoms with van der Waals surface area (Å²) >= 11 is 1.57. The van der Waals surface area contributed by atoms with Gasteiger partial charge in [0.1, 0.15) is 30.7 Å². The van der Waals surface area contributed by atoms with Crippen molar-refractivity contribution in [1.29, 1.82) is 0 Å². The minimum Gasteiger partial charge on any atom is -0.391 e. The molecule has 1 aliphatic carbocycles. The number of aliphatic hydroxyl groups excluding tert-OH is 1. The Kier molecular flexibility index (Phi) is 22.0. The van der Waals surface area contributed by atoms with Crippen molar-refractivity contribution in [2.24, 2.45) is 11.3 Å². The van der Waals surface area contributed by atoms with Crippen LogP contribution in [-0.4, -0.2) is 180 Å². The number of ketones is 2. The number of pyridine rings is 2. The summed E-state index contributed by atoms with van der Waals surface area (Å²) in [5.74, 6) is -1.45. The van der Waals surface area contributed by atoms with Crippen LogP contribution in [0.2, 0.25) is 0 Å². The molecule has 3 fully saturated rings. The van der Waals surface area contributed by atoms with Gasteiger partial charge in [0.05, 0.1) is 98.9 Å². The van der Waals surface area contributed by atoms with Crippen molar-refractivity contribution in [2.45, 2.75) is 111 Å². The number of thiazole rings is 1. The standard InChI is InChI=1S/C60H79N9O12S/c1-39-49-34-62-52(65-56(49)69(45-9-7-8-10-45)59(76)54(39)41(3)70)29-44-15-16-46(33-61-44)66-17-19-67(20-18-66)53(73)37-81-28-26-79-24-22-77-21-23-78-25-27-80-36-48(72)30-50(60(4,5)6)58(75)68-35-47(71)31-51(68)57(74)63-32-42-11-13-43(14-12-42)55-40(2)64-38-82-55/h11-16,33-34,38,45,47,50-51,71H,7-10,17-32,35-37H2,1-6H3,(H,63,74)/t47-,50-,51+/m1/s1. The third-order valence-corrected chi connectivity index (χ3v) is 16.5. The van der Waals surface area contributed by atoms with Gasteiger partial charge in [-0.15, -0.1) is 11.3 Å². The monoisotopic (exact) mass is 1150 g/mol. The summed E-state index contributed by atoms with van der Waals surface area (Å²) in [6, 6.07) is 11.0. The smallest absolute Gasteiger partial charge is 0.263 e. The first-order valence-electron chi connectivity index (χ1n) is 28.5. The van der Waals surface area contributed by atoms with Crippen LogP contribution in [0.15, 0.2) is 59.1 Å². The fourth-order valence-corrected chi connectivity index (χ4v) is 11.7. The van der Waals surface area contributed by atoms with Crippen LogP contribution in [-0.2, 0) is 55.8 Å². The molecule has 6 heterocycles. The molecule has 0 radical (unpaired) electrons. The normalized spacial score (nSPS) is 17.2. The molecule has 5 aromatic rings. The Bertz CT molecular complexity index is 3040. The van der Waals surface area contributed by atoms with E-state index in [4.69, 9.17) is 33.7 Å². The molecule has 0 bridgehead atoms. The number of amides is 3. The summed E-state index contributed by atoms with van der Waals surface area (Å²) in [7, 11) is 0. The van der Waals surface area contributed by atoms with Gasteiger partial charge in [0.25, 0.3) is 5.56 Å². The van der Waals surface area contributed by atoms with Crippen LogP contribution in [0.3, 0.4) is 0 Å². The SMILES string of the molecule is CC(=O)c1c(C)c2cnc(Cc3ccc(N4CCN(C(=O)COCCOCCOCCOCCOCC(=O)C[C@H](C(=O)N5C[C@H](O)C[C@H]5C(=O)NCc5ccc(-c6scnc6C)cc5)C(C)(C)C)CC4)cn3)nc2n(C2CCCC2)c1=O. The number of nitrogens with one attached hydrogen (secondary N) is 1. The number of Topliss-reactive ketones (excluding diaryl/α,β-unsaturated/α-hetero) is 2. The average molecular weight is 1150 g/mol. The average Bonchev–Trinajstić information content (AvgIpc) is 2.80.